The summed E-state index contributed by atoms with van der Waals surface area (Å²) >= 11 is 1.64. The van der Waals surface area contributed by atoms with Crippen molar-refractivity contribution in [1.29, 1.82) is 0 Å². The van der Waals surface area contributed by atoms with E-state index in [9.17, 15) is 0 Å². The topological polar surface area (TPSA) is 39.7 Å². The van der Waals surface area contributed by atoms with Gasteiger partial charge in [0.2, 0.25) is 0 Å². The van der Waals surface area contributed by atoms with E-state index in [0.29, 0.717) is 0 Å². The van der Waals surface area contributed by atoms with Gasteiger partial charge in [0.15, 0.2) is 10.6 Å². The summed E-state index contributed by atoms with van der Waals surface area (Å²) in [6.07, 6.45) is 4.20. The molecule has 4 rings (SSSR count). The Morgan fingerprint density at radius 1 is 1.25 bits per heavy atom. The number of nitrogens with zero attached hydrogens (tertiary/aromatic N) is 2. The van der Waals surface area contributed by atoms with Crippen molar-refractivity contribution in [1.82, 2.24) is 4.57 Å². The Kier molecular flexibility index (Phi) is 4.36. The highest BCUT2D eigenvalue weighted by molar-refractivity contribution is 7.07. The van der Waals surface area contributed by atoms with Crippen LogP contribution in [0.3, 0.4) is 0 Å². The van der Waals surface area contributed by atoms with Gasteiger partial charge in [-0.15, -0.1) is 11.3 Å². The van der Waals surface area contributed by atoms with Gasteiger partial charge >= 0.3 is 0 Å². The maximum absolute atomic E-state index is 5.83. The molecule has 0 bridgehead atoms. The van der Waals surface area contributed by atoms with Crippen LogP contribution in [-0.2, 0) is 11.3 Å². The average Bonchev–Trinajstić information content (AvgIpc) is 3.33. The highest BCUT2D eigenvalue weighted by Crippen LogP contribution is 2.23. The third-order valence-electron chi connectivity index (χ3n) is 4.24. The molecule has 24 heavy (non-hydrogen) atoms. The molecule has 1 aliphatic rings. The second kappa shape index (κ2) is 6.79. The van der Waals surface area contributed by atoms with Crippen LogP contribution in [0.25, 0.3) is 11.5 Å². The number of furan rings is 1. The number of hydrogen-bond donors (Lipinski definition) is 0. The predicted octanol–water partition coefficient (Wildman–Crippen LogP) is 4.53. The first-order valence-corrected chi connectivity index (χ1v) is 9.13. The molecule has 0 radical (unpaired) electrons. The lowest BCUT2D eigenvalue weighted by molar-refractivity contribution is 0.0967. The van der Waals surface area contributed by atoms with Gasteiger partial charge in [0.25, 0.3) is 0 Å². The summed E-state index contributed by atoms with van der Waals surface area (Å²) in [6, 6.07) is 12.2. The standard InChI is InChI=1S/C19H20N2O2S/c1-14-6-8-15(9-7-14)20-19-21(12-16-4-2-10-22-16)17(13-24-19)18-5-3-11-23-18/h3,5-9,11,13,16H,2,4,10,12H2,1H3. The van der Waals surface area contributed by atoms with Crippen LogP contribution in [0, 0.1) is 6.92 Å². The molecule has 1 saturated heterocycles. The van der Waals surface area contributed by atoms with Gasteiger partial charge in [-0.05, 0) is 44.0 Å². The fraction of sp³-hybridized carbons (Fsp3) is 0.316. The number of thiazole rings is 1. The largest absolute Gasteiger partial charge is 0.463 e. The van der Waals surface area contributed by atoms with Crippen LogP contribution in [-0.4, -0.2) is 17.3 Å². The Hall–Kier alpha value is -2.11. The molecule has 1 aromatic carbocycles. The van der Waals surface area contributed by atoms with Gasteiger partial charge in [0.1, 0.15) is 0 Å². The monoisotopic (exact) mass is 340 g/mol. The number of benzene rings is 1. The summed E-state index contributed by atoms with van der Waals surface area (Å²) in [4.78, 5) is 5.81. The highest BCUT2D eigenvalue weighted by atomic mass is 32.1. The molecule has 1 unspecified atom stereocenters. The molecular formula is C19H20N2O2S. The maximum atomic E-state index is 5.83. The van der Waals surface area contributed by atoms with E-state index in [1.165, 1.54) is 5.56 Å². The summed E-state index contributed by atoms with van der Waals surface area (Å²) in [7, 11) is 0. The lowest BCUT2D eigenvalue weighted by Gasteiger charge is -2.12. The molecule has 1 fully saturated rings. The van der Waals surface area contributed by atoms with Crippen molar-refractivity contribution in [3.05, 3.63) is 58.4 Å². The van der Waals surface area contributed by atoms with E-state index in [-0.39, 0.29) is 6.10 Å². The minimum Gasteiger partial charge on any atom is -0.463 e. The lowest BCUT2D eigenvalue weighted by atomic mass is 10.2. The van der Waals surface area contributed by atoms with Crippen molar-refractivity contribution >= 4 is 17.0 Å². The summed E-state index contributed by atoms with van der Waals surface area (Å²) < 4.78 is 13.7. The highest BCUT2D eigenvalue weighted by Gasteiger charge is 2.19. The molecule has 1 aliphatic heterocycles. The van der Waals surface area contributed by atoms with Gasteiger partial charge in [-0.2, -0.15) is 0 Å². The SMILES string of the molecule is Cc1ccc(N=c2scc(-c3ccco3)n2CC2CCCO2)cc1. The summed E-state index contributed by atoms with van der Waals surface area (Å²) in [5.41, 5.74) is 3.27. The molecule has 4 nitrogen and oxygen atoms in total. The predicted molar refractivity (Wildman–Crippen MR) is 95.4 cm³/mol. The second-order valence-corrected chi connectivity index (χ2v) is 6.91. The summed E-state index contributed by atoms with van der Waals surface area (Å²) in [6.45, 7) is 3.75. The van der Waals surface area contributed by atoms with Crippen LogP contribution in [0.2, 0.25) is 0 Å². The molecule has 5 heteroatoms. The molecule has 0 amide bonds. The summed E-state index contributed by atoms with van der Waals surface area (Å²) in [5.74, 6) is 0.870. The lowest BCUT2D eigenvalue weighted by Crippen LogP contribution is -2.23. The van der Waals surface area contributed by atoms with Gasteiger partial charge in [-0.25, -0.2) is 4.99 Å². The zero-order valence-electron chi connectivity index (χ0n) is 13.6. The smallest absolute Gasteiger partial charge is 0.190 e. The molecule has 124 valence electrons. The van der Waals surface area contributed by atoms with Crippen LogP contribution in [0.15, 0.2) is 57.5 Å². The quantitative estimate of drug-likeness (QED) is 0.700. The Labute approximate surface area is 145 Å². The van der Waals surface area contributed by atoms with E-state index < -0.39 is 0 Å². The van der Waals surface area contributed by atoms with Crippen LogP contribution >= 0.6 is 11.3 Å². The maximum Gasteiger partial charge on any atom is 0.190 e. The van der Waals surface area contributed by atoms with E-state index in [4.69, 9.17) is 14.1 Å². The fourth-order valence-corrected chi connectivity index (χ4v) is 3.86. The normalized spacial score (nSPS) is 18.4. The zero-order chi connectivity index (χ0) is 16.4. The van der Waals surface area contributed by atoms with Gasteiger partial charge in [0, 0.05) is 12.0 Å². The Bertz CT molecular complexity index is 854. The second-order valence-electron chi connectivity index (χ2n) is 6.07. The average molecular weight is 340 g/mol. The number of ether oxygens (including phenoxy) is 1. The van der Waals surface area contributed by atoms with E-state index in [2.05, 4.69) is 41.1 Å². The van der Waals surface area contributed by atoms with E-state index >= 15 is 0 Å². The van der Waals surface area contributed by atoms with Crippen molar-refractivity contribution in [3.8, 4) is 11.5 Å². The van der Waals surface area contributed by atoms with Crippen LogP contribution in [0.5, 0.6) is 0 Å². The van der Waals surface area contributed by atoms with Gasteiger partial charge in [-0.1, -0.05) is 17.7 Å². The van der Waals surface area contributed by atoms with Gasteiger partial charge < -0.3 is 13.7 Å². The fourth-order valence-electron chi connectivity index (χ4n) is 2.94. The number of aryl methyl sites for hydroxylation is 1. The van der Waals surface area contributed by atoms with Crippen LogP contribution < -0.4 is 4.80 Å². The molecule has 0 aliphatic carbocycles. The molecule has 0 N–H and O–H groups in total. The van der Waals surface area contributed by atoms with Crippen molar-refractivity contribution in [2.75, 3.05) is 6.61 Å². The Balaban J connectivity index is 1.76. The number of rotatable bonds is 4. The molecule has 0 saturated carbocycles. The van der Waals surface area contributed by atoms with Gasteiger partial charge in [-0.3, -0.25) is 0 Å². The number of aromatic nitrogens is 1. The first kappa shape index (κ1) is 15.4. The Morgan fingerprint density at radius 3 is 2.83 bits per heavy atom. The first-order valence-electron chi connectivity index (χ1n) is 8.25. The zero-order valence-corrected chi connectivity index (χ0v) is 14.5. The third kappa shape index (κ3) is 3.23. The third-order valence-corrected chi connectivity index (χ3v) is 5.10. The molecule has 3 aromatic rings. The van der Waals surface area contributed by atoms with Gasteiger partial charge in [0.05, 0.1) is 30.3 Å². The van der Waals surface area contributed by atoms with Crippen molar-refractivity contribution in [3.63, 3.8) is 0 Å². The molecule has 0 spiro atoms. The van der Waals surface area contributed by atoms with Crippen molar-refractivity contribution < 1.29 is 9.15 Å². The van der Waals surface area contributed by atoms with Crippen molar-refractivity contribution in [2.24, 2.45) is 4.99 Å². The van der Waals surface area contributed by atoms with E-state index in [1.54, 1.807) is 17.6 Å². The minimum atomic E-state index is 0.255. The number of hydrogen-bond acceptors (Lipinski definition) is 4. The molecule has 1 atom stereocenters. The van der Waals surface area contributed by atoms with E-state index in [1.807, 2.05) is 12.1 Å². The minimum absolute atomic E-state index is 0.255. The first-order chi connectivity index (χ1) is 11.8. The van der Waals surface area contributed by atoms with Crippen LogP contribution in [0.1, 0.15) is 18.4 Å². The van der Waals surface area contributed by atoms with Crippen LogP contribution in [0.4, 0.5) is 5.69 Å². The summed E-state index contributed by atoms with van der Waals surface area (Å²) in [5, 5.41) is 2.11. The Morgan fingerprint density at radius 2 is 2.12 bits per heavy atom. The van der Waals surface area contributed by atoms with Crippen molar-refractivity contribution in [2.45, 2.75) is 32.4 Å². The molecular weight excluding hydrogens is 320 g/mol. The molecule has 3 heterocycles. The molecule has 2 aromatic heterocycles. The van der Waals surface area contributed by atoms with E-state index in [0.717, 1.165) is 47.9 Å².